The van der Waals surface area contributed by atoms with Crippen LogP contribution in [0.25, 0.3) is 44.7 Å². The number of likely N-dealkylation sites (tertiary alicyclic amines) is 1. The number of carbonyl (C=O) groups excluding carboxylic acids is 4. The predicted octanol–water partition coefficient (Wildman–Crippen LogP) is 8.27. The number of thioether (sulfide) groups is 1. The summed E-state index contributed by atoms with van der Waals surface area (Å²) in [7, 11) is 10.5. The van der Waals surface area contributed by atoms with Crippen LogP contribution in [0.15, 0.2) is 54.9 Å². The summed E-state index contributed by atoms with van der Waals surface area (Å²) in [6.45, 7) is 15.7. The second-order valence-corrected chi connectivity index (χ2v) is 18.6. The number of H-pyrrole nitrogens is 2. The molecule has 5 N–H and O–H groups in total. The normalized spacial score (nSPS) is 16.8. The molecule has 2 amide bonds. The molecule has 4 unspecified atom stereocenters. The van der Waals surface area contributed by atoms with E-state index in [4.69, 9.17) is 9.72 Å². The summed E-state index contributed by atoms with van der Waals surface area (Å²) >= 11 is 1.84. The van der Waals surface area contributed by atoms with Crippen LogP contribution in [0.4, 0.5) is 9.59 Å². The van der Waals surface area contributed by atoms with Crippen molar-refractivity contribution in [3.8, 4) is 39.5 Å². The van der Waals surface area contributed by atoms with E-state index in [1.807, 2.05) is 38.0 Å². The number of fused-ring (bicyclic) bond motifs is 5. The van der Waals surface area contributed by atoms with Crippen LogP contribution in [0.3, 0.4) is 0 Å². The Bertz CT molecular complexity index is 2410. The quantitative estimate of drug-likeness (QED) is 0.0667. The van der Waals surface area contributed by atoms with Gasteiger partial charge in [-0.05, 0) is 117 Å². The summed E-state index contributed by atoms with van der Waals surface area (Å²) in [5, 5.41) is 8.87. The molecular formula is C50H74N10O7S. The third kappa shape index (κ3) is 14.4. The number of amides is 2. The molecular weight excluding hydrogens is 885 g/mol. The number of methoxy groups -OCH3 is 2. The lowest BCUT2D eigenvalue weighted by atomic mass is 10.0. The number of benzene rings is 2. The van der Waals surface area contributed by atoms with Crippen molar-refractivity contribution in [3.63, 3.8) is 0 Å². The number of hydrogen-bond donors (Lipinski definition) is 5. The van der Waals surface area contributed by atoms with E-state index in [1.165, 1.54) is 44.2 Å². The first-order valence-corrected chi connectivity index (χ1v) is 24.5. The number of ether oxygens (including phenoxy) is 3. The number of nitrogens with zero attached hydrogens (tertiary/aromatic N) is 5. The van der Waals surface area contributed by atoms with Crippen molar-refractivity contribution in [2.24, 2.45) is 5.92 Å². The van der Waals surface area contributed by atoms with Gasteiger partial charge >= 0.3 is 12.2 Å². The van der Waals surface area contributed by atoms with Crippen LogP contribution < -0.4 is 20.7 Å². The number of ketones is 1. The smallest absolute Gasteiger partial charge is 0.407 e. The van der Waals surface area contributed by atoms with Gasteiger partial charge in [0.1, 0.15) is 29.7 Å². The highest BCUT2D eigenvalue weighted by Gasteiger charge is 2.28. The Labute approximate surface area is 406 Å². The van der Waals surface area contributed by atoms with Gasteiger partial charge in [0.2, 0.25) is 0 Å². The minimum atomic E-state index is -0.603. The lowest BCUT2D eigenvalue weighted by molar-refractivity contribution is -0.119. The average Bonchev–Trinajstić information content (AvgIpc) is 4.16. The van der Waals surface area contributed by atoms with Crippen molar-refractivity contribution >= 4 is 46.9 Å². The molecule has 0 spiro atoms. The monoisotopic (exact) mass is 959 g/mol. The first-order chi connectivity index (χ1) is 32.4. The Balaban J connectivity index is 0.000000285. The van der Waals surface area contributed by atoms with Gasteiger partial charge in [-0.2, -0.15) is 11.8 Å². The van der Waals surface area contributed by atoms with Crippen LogP contribution in [0.1, 0.15) is 91.1 Å². The zero-order chi connectivity index (χ0) is 50.2. The van der Waals surface area contributed by atoms with E-state index in [1.54, 1.807) is 14.0 Å². The highest BCUT2D eigenvalue weighted by molar-refractivity contribution is 7.98. The fraction of sp³-hybridized carbons (Fsp3) is 0.520. The van der Waals surface area contributed by atoms with Gasteiger partial charge in [-0.25, -0.2) is 19.6 Å². The van der Waals surface area contributed by atoms with Gasteiger partial charge in [0.05, 0.1) is 61.3 Å². The molecule has 5 heterocycles. The van der Waals surface area contributed by atoms with Gasteiger partial charge in [-0.3, -0.25) is 9.69 Å². The van der Waals surface area contributed by atoms with Crippen molar-refractivity contribution < 1.29 is 33.4 Å². The number of hydrogen-bond acceptors (Lipinski definition) is 13. The molecule has 68 heavy (non-hydrogen) atoms. The number of Topliss-reactive ketones (excluding diaryl/α,β-unsaturated/α-hetero) is 1. The van der Waals surface area contributed by atoms with Gasteiger partial charge in [0.15, 0.2) is 12.0 Å². The molecule has 18 heteroatoms. The molecule has 1 saturated heterocycles. The first-order valence-electron chi connectivity index (χ1n) is 23.1. The van der Waals surface area contributed by atoms with Gasteiger partial charge < -0.3 is 54.4 Å². The third-order valence-electron chi connectivity index (χ3n) is 12.1. The van der Waals surface area contributed by atoms with Crippen LogP contribution in [-0.2, 0) is 19.1 Å². The Kier molecular flexibility index (Phi) is 21.1. The number of carbonyl (C=O) groups is 4. The maximum Gasteiger partial charge on any atom is 0.407 e. The fourth-order valence-corrected chi connectivity index (χ4v) is 8.44. The number of alkyl carbamates (subject to hydrolysis) is 2. The molecule has 7 rings (SSSR count). The maximum absolute atomic E-state index is 11.0. The van der Waals surface area contributed by atoms with E-state index in [0.29, 0.717) is 18.2 Å². The van der Waals surface area contributed by atoms with Crippen molar-refractivity contribution in [1.82, 2.24) is 50.3 Å². The standard InChI is InChI=1S/C31H34N6OS.C8H15NO3.C7H14N2O3.C4H11N/c1-18(17-39-4)30-32-15-25(34-30)21-7-9-23-28-13-22-12-20(8-10-26(22)37(28)19(2)38-29(23)14-21)24-16-33-31(35-24)27-6-5-11-36(27)3;1-5(2)7(6(3)10)9-8(11)12-4;1-5(8-2)6(4-10)9-7(11)12-3;1-4-5(2)3/h7-10,12-16,18-19,27H,5-6,11,17H2,1-4H3,(H,32,34)(H,33,35);5,7H,1-4H3,(H,9,11);4-6,8H,1-3H3,(H,9,11);4H2,1-3H3/t18?,19?,27-;7-;;/m00../s1. The molecule has 5 aromatic rings. The molecule has 6 atom stereocenters. The molecule has 3 aromatic heterocycles. The SMILES string of the molecule is CCN(C)C.CNC(C)C(C=O)NC(=O)OC.COC(=O)N[C@H](C(C)=O)C(C)C.CSCC(C)c1ncc(-c2ccc3c(c2)OC(C)n2c-3cc3cc(-c4cnc([C@@H]5CCCN5C)[nH]4)ccc32)[nH]1. The largest absolute Gasteiger partial charge is 0.470 e. The fourth-order valence-electron chi connectivity index (χ4n) is 7.78. The van der Waals surface area contributed by atoms with Gasteiger partial charge in [0, 0.05) is 39.8 Å². The zero-order valence-corrected chi connectivity index (χ0v) is 43.2. The number of nitrogens with one attached hydrogen (secondary N) is 5. The van der Waals surface area contributed by atoms with Gasteiger partial charge in [-0.15, -0.1) is 0 Å². The zero-order valence-electron chi connectivity index (χ0n) is 42.4. The lowest BCUT2D eigenvalue weighted by Crippen LogP contribution is -2.48. The van der Waals surface area contributed by atoms with Crippen LogP contribution >= 0.6 is 11.8 Å². The highest BCUT2D eigenvalue weighted by atomic mass is 32.2. The van der Waals surface area contributed by atoms with Crippen molar-refractivity contribution in [2.75, 3.05) is 67.5 Å². The molecule has 0 radical (unpaired) electrons. The van der Waals surface area contributed by atoms with E-state index in [9.17, 15) is 19.2 Å². The molecule has 372 valence electrons. The van der Waals surface area contributed by atoms with Crippen LogP contribution in [0.5, 0.6) is 5.75 Å². The molecule has 1 fully saturated rings. The van der Waals surface area contributed by atoms with E-state index >= 15 is 0 Å². The van der Waals surface area contributed by atoms with Crippen LogP contribution in [-0.4, -0.2) is 144 Å². The van der Waals surface area contributed by atoms with Gasteiger partial charge in [0.25, 0.3) is 0 Å². The Hall–Kier alpha value is -5.69. The predicted molar refractivity (Wildman–Crippen MR) is 272 cm³/mol. The van der Waals surface area contributed by atoms with Crippen LogP contribution in [0.2, 0.25) is 0 Å². The summed E-state index contributed by atoms with van der Waals surface area (Å²) in [5.41, 5.74) is 7.79. The number of likely N-dealkylation sites (N-methyl/N-ethyl adjacent to an activating group) is 1. The second kappa shape index (κ2) is 26.2. The van der Waals surface area contributed by atoms with Crippen molar-refractivity contribution in [2.45, 2.75) is 97.6 Å². The summed E-state index contributed by atoms with van der Waals surface area (Å²) < 4.78 is 17.5. The number of aldehydes is 1. The number of aromatic amines is 2. The number of aromatic nitrogens is 5. The Morgan fingerprint density at radius 2 is 1.60 bits per heavy atom. The maximum atomic E-state index is 11.0. The topological polar surface area (TPSA) is 201 Å². The lowest BCUT2D eigenvalue weighted by Gasteiger charge is -2.27. The first kappa shape index (κ1) is 54.9. The van der Waals surface area contributed by atoms with E-state index < -0.39 is 24.3 Å². The molecule has 2 aliphatic heterocycles. The number of rotatable bonds is 14. The molecule has 2 aromatic carbocycles. The Morgan fingerprint density at radius 1 is 0.971 bits per heavy atom. The summed E-state index contributed by atoms with van der Waals surface area (Å²) in [5.74, 6) is 4.46. The summed E-state index contributed by atoms with van der Waals surface area (Å²) in [6, 6.07) is 14.7. The molecule has 17 nitrogen and oxygen atoms in total. The summed E-state index contributed by atoms with van der Waals surface area (Å²) in [4.78, 5) is 63.8. The minimum absolute atomic E-state index is 0.0598. The molecule has 0 saturated carbocycles. The molecule has 0 aliphatic carbocycles. The minimum Gasteiger partial charge on any atom is -0.470 e. The van der Waals surface area contributed by atoms with E-state index in [0.717, 1.165) is 70.7 Å². The molecule has 2 aliphatic rings. The highest BCUT2D eigenvalue weighted by Crippen LogP contribution is 2.44. The van der Waals surface area contributed by atoms with Crippen LogP contribution in [0, 0.1) is 5.92 Å². The third-order valence-corrected chi connectivity index (χ3v) is 12.9. The number of imidazole rings is 2. The molecule has 0 bridgehead atoms. The van der Waals surface area contributed by atoms with Gasteiger partial charge in [-0.1, -0.05) is 39.8 Å². The van der Waals surface area contributed by atoms with Crippen molar-refractivity contribution in [3.05, 3.63) is 66.5 Å². The Morgan fingerprint density at radius 3 is 2.18 bits per heavy atom. The van der Waals surface area contributed by atoms with Crippen molar-refractivity contribution in [1.29, 1.82) is 0 Å². The van der Waals surface area contributed by atoms with E-state index in [2.05, 4.69) is 145 Å². The average molecular weight is 959 g/mol. The summed E-state index contributed by atoms with van der Waals surface area (Å²) in [6.07, 6.45) is 7.81. The van der Waals surface area contributed by atoms with E-state index in [-0.39, 0.29) is 24.0 Å². The second-order valence-electron chi connectivity index (χ2n) is 17.7.